The second kappa shape index (κ2) is 7.21. The van der Waals surface area contributed by atoms with Gasteiger partial charge >= 0.3 is 6.09 Å². The van der Waals surface area contributed by atoms with Gasteiger partial charge in [-0.3, -0.25) is 9.69 Å². The van der Waals surface area contributed by atoms with E-state index < -0.39 is 18.0 Å². The summed E-state index contributed by atoms with van der Waals surface area (Å²) in [4.78, 5) is 25.5. The molecule has 3 rings (SSSR count). The van der Waals surface area contributed by atoms with Gasteiger partial charge in [-0.15, -0.1) is 0 Å². The Bertz CT molecular complexity index is 796. The maximum Gasteiger partial charge on any atom is 0.414 e. The van der Waals surface area contributed by atoms with Gasteiger partial charge in [-0.2, -0.15) is 0 Å². The highest BCUT2D eigenvalue weighted by atomic mass is 19.1. The normalized spacial score (nSPS) is 16.5. The van der Waals surface area contributed by atoms with Crippen LogP contribution in [0, 0.1) is 5.82 Å². The molecule has 1 fully saturated rings. The van der Waals surface area contributed by atoms with Crippen LogP contribution in [-0.2, 0) is 4.74 Å². The number of benzene rings is 2. The Hall–Kier alpha value is -3.09. The maximum atomic E-state index is 13.3. The molecule has 7 heteroatoms. The monoisotopic (exact) mass is 344 g/mol. The van der Waals surface area contributed by atoms with E-state index >= 15 is 0 Å². The Morgan fingerprint density at radius 2 is 2.12 bits per heavy atom. The highest BCUT2D eigenvalue weighted by Crippen LogP contribution is 2.22. The number of carbonyl (C=O) groups excluding carboxylic acids is 2. The second-order valence-electron chi connectivity index (χ2n) is 5.54. The molecule has 2 aromatic rings. The number of anilines is 1. The molecule has 130 valence electrons. The number of halogens is 1. The van der Waals surface area contributed by atoms with Crippen LogP contribution >= 0.6 is 0 Å². The summed E-state index contributed by atoms with van der Waals surface area (Å²) in [6.45, 7) is 0.397. The van der Waals surface area contributed by atoms with E-state index in [0.29, 0.717) is 17.0 Å². The molecule has 0 aromatic heterocycles. The number of rotatable bonds is 5. The standard InChI is InChI=1S/C18H17FN2O4/c1-24-15-7-2-4-12(8-15)17(22)20-10-16-11-21(18(23)25-16)14-6-3-5-13(19)9-14/h2-9,16H,10-11H2,1H3,(H,20,22). The first-order chi connectivity index (χ1) is 12.1. The number of nitrogens with one attached hydrogen (secondary N) is 1. The molecule has 0 radical (unpaired) electrons. The number of hydrogen-bond acceptors (Lipinski definition) is 4. The quantitative estimate of drug-likeness (QED) is 0.905. The first-order valence-corrected chi connectivity index (χ1v) is 7.73. The zero-order valence-corrected chi connectivity index (χ0v) is 13.6. The van der Waals surface area contributed by atoms with Gasteiger partial charge in [-0.05, 0) is 36.4 Å². The summed E-state index contributed by atoms with van der Waals surface area (Å²) in [5.74, 6) is -0.142. The van der Waals surface area contributed by atoms with Crippen molar-refractivity contribution < 1.29 is 23.5 Å². The van der Waals surface area contributed by atoms with Crippen molar-refractivity contribution in [2.24, 2.45) is 0 Å². The van der Waals surface area contributed by atoms with Gasteiger partial charge in [0.1, 0.15) is 17.7 Å². The van der Waals surface area contributed by atoms with Crippen LogP contribution in [0.15, 0.2) is 48.5 Å². The lowest BCUT2D eigenvalue weighted by Crippen LogP contribution is -2.34. The molecule has 0 bridgehead atoms. The van der Waals surface area contributed by atoms with Gasteiger partial charge in [-0.25, -0.2) is 9.18 Å². The van der Waals surface area contributed by atoms with E-state index in [1.807, 2.05) is 0 Å². The van der Waals surface area contributed by atoms with Crippen LogP contribution in [0.3, 0.4) is 0 Å². The molecule has 2 amide bonds. The van der Waals surface area contributed by atoms with Crippen LogP contribution in [0.1, 0.15) is 10.4 Å². The summed E-state index contributed by atoms with van der Waals surface area (Å²) < 4.78 is 23.6. The van der Waals surface area contributed by atoms with Gasteiger partial charge in [0.05, 0.1) is 25.9 Å². The van der Waals surface area contributed by atoms with E-state index in [-0.39, 0.29) is 19.0 Å². The third-order valence-corrected chi connectivity index (χ3v) is 3.82. The summed E-state index contributed by atoms with van der Waals surface area (Å²) in [5.41, 5.74) is 0.872. The van der Waals surface area contributed by atoms with Crippen LogP contribution in [0.2, 0.25) is 0 Å². The van der Waals surface area contributed by atoms with E-state index in [1.165, 1.54) is 30.2 Å². The molecule has 1 atom stereocenters. The minimum Gasteiger partial charge on any atom is -0.497 e. The zero-order chi connectivity index (χ0) is 17.8. The zero-order valence-electron chi connectivity index (χ0n) is 13.6. The fourth-order valence-corrected chi connectivity index (χ4v) is 2.56. The number of ether oxygens (including phenoxy) is 2. The Morgan fingerprint density at radius 1 is 1.32 bits per heavy atom. The van der Waals surface area contributed by atoms with E-state index in [1.54, 1.807) is 30.3 Å². The van der Waals surface area contributed by atoms with Crippen LogP contribution in [0.5, 0.6) is 5.75 Å². The van der Waals surface area contributed by atoms with Crippen LogP contribution in [-0.4, -0.2) is 38.3 Å². The van der Waals surface area contributed by atoms with Gasteiger partial charge in [-0.1, -0.05) is 12.1 Å². The molecule has 2 aromatic carbocycles. The van der Waals surface area contributed by atoms with Crippen LogP contribution < -0.4 is 15.0 Å². The average molecular weight is 344 g/mol. The number of amides is 2. The van der Waals surface area contributed by atoms with Gasteiger partial charge in [0, 0.05) is 5.56 Å². The summed E-state index contributed by atoms with van der Waals surface area (Å²) in [5, 5.41) is 2.72. The Morgan fingerprint density at radius 3 is 2.88 bits per heavy atom. The fourth-order valence-electron chi connectivity index (χ4n) is 2.56. The van der Waals surface area contributed by atoms with E-state index in [2.05, 4.69) is 5.32 Å². The number of cyclic esters (lactones) is 1. The van der Waals surface area contributed by atoms with Gasteiger partial charge in [0.15, 0.2) is 0 Å². The fraction of sp³-hybridized carbons (Fsp3) is 0.222. The van der Waals surface area contributed by atoms with Crippen molar-refractivity contribution in [2.45, 2.75) is 6.10 Å². The van der Waals surface area contributed by atoms with E-state index in [0.717, 1.165) is 0 Å². The van der Waals surface area contributed by atoms with Crippen molar-refractivity contribution >= 4 is 17.7 Å². The molecule has 1 N–H and O–H groups in total. The minimum absolute atomic E-state index is 0.160. The first-order valence-electron chi connectivity index (χ1n) is 7.73. The first kappa shape index (κ1) is 16.8. The number of nitrogens with zero attached hydrogens (tertiary/aromatic N) is 1. The van der Waals surface area contributed by atoms with Gasteiger partial charge in [0.25, 0.3) is 5.91 Å². The largest absolute Gasteiger partial charge is 0.497 e. The SMILES string of the molecule is COc1cccc(C(=O)NCC2CN(c3cccc(F)c3)C(=O)O2)c1. The maximum absolute atomic E-state index is 13.3. The van der Waals surface area contributed by atoms with E-state index in [4.69, 9.17) is 9.47 Å². The smallest absolute Gasteiger partial charge is 0.414 e. The molecule has 1 saturated heterocycles. The van der Waals surface area contributed by atoms with Crippen molar-refractivity contribution in [1.29, 1.82) is 0 Å². The van der Waals surface area contributed by atoms with Crippen molar-refractivity contribution in [2.75, 3.05) is 25.1 Å². The van der Waals surface area contributed by atoms with Crippen molar-refractivity contribution in [3.63, 3.8) is 0 Å². The lowest BCUT2D eigenvalue weighted by Gasteiger charge is -2.13. The number of hydrogen-bond donors (Lipinski definition) is 1. The number of carbonyl (C=O) groups is 2. The molecule has 0 spiro atoms. The summed E-state index contributed by atoms with van der Waals surface area (Å²) in [6.07, 6.45) is -1.07. The molecule has 1 aliphatic heterocycles. The molecule has 1 unspecified atom stereocenters. The summed E-state index contributed by atoms with van der Waals surface area (Å²) in [6, 6.07) is 12.5. The lowest BCUT2D eigenvalue weighted by molar-refractivity contribution is 0.0916. The Balaban J connectivity index is 1.59. The predicted octanol–water partition coefficient (Wildman–Crippen LogP) is 2.59. The highest BCUT2D eigenvalue weighted by Gasteiger charge is 2.32. The summed E-state index contributed by atoms with van der Waals surface area (Å²) >= 11 is 0. The third-order valence-electron chi connectivity index (χ3n) is 3.82. The van der Waals surface area contributed by atoms with Gasteiger partial charge < -0.3 is 14.8 Å². The molecule has 0 saturated carbocycles. The number of methoxy groups -OCH3 is 1. The Kier molecular flexibility index (Phi) is 4.83. The minimum atomic E-state index is -0.564. The topological polar surface area (TPSA) is 67.9 Å². The second-order valence-corrected chi connectivity index (χ2v) is 5.54. The lowest BCUT2D eigenvalue weighted by atomic mass is 10.2. The molecular formula is C18H17FN2O4. The van der Waals surface area contributed by atoms with Crippen molar-refractivity contribution in [1.82, 2.24) is 5.32 Å². The Labute approximate surface area is 144 Å². The highest BCUT2D eigenvalue weighted by molar-refractivity contribution is 5.94. The van der Waals surface area contributed by atoms with E-state index in [9.17, 15) is 14.0 Å². The third kappa shape index (κ3) is 3.88. The molecule has 0 aliphatic carbocycles. The van der Waals surface area contributed by atoms with Crippen molar-refractivity contribution in [3.05, 3.63) is 59.9 Å². The summed E-state index contributed by atoms with van der Waals surface area (Å²) in [7, 11) is 1.52. The van der Waals surface area contributed by atoms with Crippen LogP contribution in [0.4, 0.5) is 14.9 Å². The van der Waals surface area contributed by atoms with Gasteiger partial charge in [0.2, 0.25) is 0 Å². The average Bonchev–Trinajstić information content (AvgIpc) is 3.00. The molecule has 6 nitrogen and oxygen atoms in total. The van der Waals surface area contributed by atoms with Crippen molar-refractivity contribution in [3.8, 4) is 5.75 Å². The molecule has 1 heterocycles. The molecule has 25 heavy (non-hydrogen) atoms. The van der Waals surface area contributed by atoms with Crippen LogP contribution in [0.25, 0.3) is 0 Å². The molecular weight excluding hydrogens is 327 g/mol. The molecule has 1 aliphatic rings. The predicted molar refractivity (Wildman–Crippen MR) is 89.3 cm³/mol.